The van der Waals surface area contributed by atoms with Crippen LogP contribution in [0.25, 0.3) is 0 Å². The largest absolute Gasteiger partial charge is 0.287 e. The summed E-state index contributed by atoms with van der Waals surface area (Å²) in [6, 6.07) is 4.25. The van der Waals surface area contributed by atoms with Gasteiger partial charge in [0.2, 0.25) is 0 Å². The van der Waals surface area contributed by atoms with Crippen LogP contribution in [0.3, 0.4) is 0 Å². The summed E-state index contributed by atoms with van der Waals surface area (Å²) in [6.07, 6.45) is 1.27. The minimum absolute atomic E-state index is 0.0462. The molecule has 0 N–H and O–H groups in total. The van der Waals surface area contributed by atoms with Crippen LogP contribution in [0.15, 0.2) is 33.7 Å². The Morgan fingerprint density at radius 1 is 1.40 bits per heavy atom. The van der Waals surface area contributed by atoms with Crippen molar-refractivity contribution < 1.29 is 4.92 Å². The third-order valence-corrected chi connectivity index (χ3v) is 4.00. The number of halogens is 3. The van der Waals surface area contributed by atoms with Gasteiger partial charge in [-0.25, -0.2) is 4.68 Å². The average Bonchev–Trinajstić information content (AvgIpc) is 2.41. The number of aromatic nitrogens is 2. The molecule has 0 amide bonds. The molecule has 1 aromatic carbocycles. The minimum atomic E-state index is -0.524. The van der Waals surface area contributed by atoms with E-state index in [2.05, 4.69) is 21.0 Å². The van der Waals surface area contributed by atoms with Crippen LogP contribution < -0.4 is 5.56 Å². The van der Waals surface area contributed by atoms with E-state index in [1.54, 1.807) is 6.07 Å². The highest BCUT2D eigenvalue weighted by molar-refractivity contribution is 9.10. The van der Waals surface area contributed by atoms with Crippen molar-refractivity contribution in [2.75, 3.05) is 0 Å². The zero-order valence-corrected chi connectivity index (χ0v) is 12.8. The second kappa shape index (κ2) is 5.90. The van der Waals surface area contributed by atoms with Gasteiger partial charge in [0.25, 0.3) is 11.2 Å². The van der Waals surface area contributed by atoms with Gasteiger partial charge in [-0.15, -0.1) is 0 Å². The highest BCUT2D eigenvalue weighted by Crippen LogP contribution is 2.23. The van der Waals surface area contributed by atoms with Crippen molar-refractivity contribution >= 4 is 44.8 Å². The quantitative estimate of drug-likeness (QED) is 0.606. The molecule has 0 unspecified atom stereocenters. The molecule has 6 nitrogen and oxygen atoms in total. The molecule has 0 bridgehead atoms. The van der Waals surface area contributed by atoms with E-state index in [9.17, 15) is 14.9 Å². The lowest BCUT2D eigenvalue weighted by Gasteiger charge is -2.07. The number of nitro benzene ring substituents is 1. The lowest BCUT2D eigenvalue weighted by molar-refractivity contribution is -0.384. The van der Waals surface area contributed by atoms with E-state index >= 15 is 0 Å². The first-order chi connectivity index (χ1) is 9.40. The first kappa shape index (κ1) is 15.0. The van der Waals surface area contributed by atoms with Gasteiger partial charge in [0, 0.05) is 16.6 Å². The fraction of sp³-hybridized carbons (Fsp3) is 0.0909. The van der Waals surface area contributed by atoms with E-state index in [1.165, 1.54) is 18.3 Å². The van der Waals surface area contributed by atoms with Gasteiger partial charge in [0.15, 0.2) is 0 Å². The molecule has 20 heavy (non-hydrogen) atoms. The third-order valence-electron chi connectivity index (χ3n) is 2.51. The van der Waals surface area contributed by atoms with Crippen molar-refractivity contribution in [3.05, 3.63) is 64.9 Å². The van der Waals surface area contributed by atoms with Gasteiger partial charge < -0.3 is 0 Å². The average molecular weight is 379 g/mol. The standard InChI is InChI=1S/C11H6BrCl2N3O3/c12-8-3-7(17(19)20)2-1-6(8)5-16-11(18)10(14)9(13)4-15-16/h1-4H,5H2. The van der Waals surface area contributed by atoms with Crippen molar-refractivity contribution in [2.45, 2.75) is 6.54 Å². The molecule has 0 atom stereocenters. The van der Waals surface area contributed by atoms with Crippen LogP contribution >= 0.6 is 39.1 Å². The van der Waals surface area contributed by atoms with Crippen molar-refractivity contribution in [3.8, 4) is 0 Å². The fourth-order valence-corrected chi connectivity index (χ4v) is 2.26. The summed E-state index contributed by atoms with van der Waals surface area (Å²) >= 11 is 14.7. The summed E-state index contributed by atoms with van der Waals surface area (Å²) in [5, 5.41) is 14.5. The molecular weight excluding hydrogens is 373 g/mol. The predicted molar refractivity (Wildman–Crippen MR) is 78.4 cm³/mol. The van der Waals surface area contributed by atoms with Crippen LogP contribution in [0.2, 0.25) is 10.0 Å². The third kappa shape index (κ3) is 3.00. The predicted octanol–water partition coefficient (Wildman–Crippen LogP) is 3.27. The van der Waals surface area contributed by atoms with Gasteiger partial charge in [-0.2, -0.15) is 5.10 Å². The number of nitro groups is 1. The molecule has 0 spiro atoms. The molecule has 9 heteroatoms. The maximum absolute atomic E-state index is 11.8. The Hall–Kier alpha value is -1.44. The van der Waals surface area contributed by atoms with E-state index < -0.39 is 10.5 Å². The topological polar surface area (TPSA) is 78.0 Å². The fourth-order valence-electron chi connectivity index (χ4n) is 1.50. The van der Waals surface area contributed by atoms with Crippen molar-refractivity contribution in [3.63, 3.8) is 0 Å². The van der Waals surface area contributed by atoms with Crippen LogP contribution in [0.1, 0.15) is 5.56 Å². The molecule has 1 heterocycles. The van der Waals surface area contributed by atoms with E-state index in [0.717, 1.165) is 4.68 Å². The van der Waals surface area contributed by atoms with Crippen LogP contribution in [-0.4, -0.2) is 14.7 Å². The Kier molecular flexibility index (Phi) is 4.42. The van der Waals surface area contributed by atoms with E-state index in [-0.39, 0.29) is 22.3 Å². The van der Waals surface area contributed by atoms with Crippen LogP contribution in [-0.2, 0) is 6.54 Å². The van der Waals surface area contributed by atoms with Gasteiger partial charge in [-0.1, -0.05) is 39.1 Å². The molecule has 0 aliphatic heterocycles. The lowest BCUT2D eigenvalue weighted by Crippen LogP contribution is -2.23. The SMILES string of the molecule is O=c1c(Cl)c(Cl)cnn1Cc1ccc([N+](=O)[O-])cc1Br. The van der Waals surface area contributed by atoms with Gasteiger partial charge in [-0.3, -0.25) is 14.9 Å². The molecule has 0 fully saturated rings. The molecule has 2 rings (SSSR count). The number of nitrogens with zero attached hydrogens (tertiary/aromatic N) is 3. The lowest BCUT2D eigenvalue weighted by atomic mass is 10.2. The molecule has 0 saturated heterocycles. The first-order valence-corrected chi connectivity index (χ1v) is 6.79. The molecule has 0 aliphatic rings. The highest BCUT2D eigenvalue weighted by Gasteiger charge is 2.12. The number of non-ortho nitro benzene ring substituents is 1. The minimum Gasteiger partial charge on any atom is -0.266 e. The maximum Gasteiger partial charge on any atom is 0.287 e. The second-order valence-corrected chi connectivity index (χ2v) is 5.44. The maximum atomic E-state index is 11.8. The zero-order chi connectivity index (χ0) is 14.9. The Morgan fingerprint density at radius 2 is 2.10 bits per heavy atom. The molecule has 1 aromatic heterocycles. The van der Waals surface area contributed by atoms with Gasteiger partial charge in [0.1, 0.15) is 5.02 Å². The normalized spacial score (nSPS) is 10.6. The molecule has 2 aromatic rings. The molecule has 0 aliphatic carbocycles. The van der Waals surface area contributed by atoms with Gasteiger partial charge in [-0.05, 0) is 11.6 Å². The zero-order valence-electron chi connectivity index (χ0n) is 9.72. The second-order valence-electron chi connectivity index (χ2n) is 3.80. The van der Waals surface area contributed by atoms with E-state index in [1.807, 2.05) is 0 Å². The molecule has 0 saturated carbocycles. The van der Waals surface area contributed by atoms with Crippen molar-refractivity contribution in [1.82, 2.24) is 9.78 Å². The Labute approximate surface area is 131 Å². The van der Waals surface area contributed by atoms with Crippen LogP contribution in [0.5, 0.6) is 0 Å². The summed E-state index contributed by atoms with van der Waals surface area (Å²) in [4.78, 5) is 22.0. The molecule has 104 valence electrons. The van der Waals surface area contributed by atoms with E-state index in [0.29, 0.717) is 10.0 Å². The number of rotatable bonds is 3. The Bertz CT molecular complexity index is 748. The summed E-state index contributed by atoms with van der Waals surface area (Å²) in [5.41, 5.74) is 0.0862. The molecular formula is C11H6BrCl2N3O3. The Balaban J connectivity index is 2.38. The number of hydrogen-bond donors (Lipinski definition) is 0. The van der Waals surface area contributed by atoms with Crippen molar-refractivity contribution in [1.29, 1.82) is 0 Å². The number of benzene rings is 1. The first-order valence-electron chi connectivity index (χ1n) is 5.24. The van der Waals surface area contributed by atoms with Crippen LogP contribution in [0.4, 0.5) is 5.69 Å². The summed E-state index contributed by atoms with van der Waals surface area (Å²) in [6.45, 7) is 0.119. The summed E-state index contributed by atoms with van der Waals surface area (Å²) in [5.74, 6) is 0. The summed E-state index contributed by atoms with van der Waals surface area (Å²) < 4.78 is 1.63. The highest BCUT2D eigenvalue weighted by atomic mass is 79.9. The van der Waals surface area contributed by atoms with E-state index in [4.69, 9.17) is 23.2 Å². The molecule has 0 radical (unpaired) electrons. The van der Waals surface area contributed by atoms with Gasteiger partial charge in [0.05, 0.1) is 22.7 Å². The van der Waals surface area contributed by atoms with Gasteiger partial charge >= 0.3 is 0 Å². The van der Waals surface area contributed by atoms with Crippen LogP contribution in [0, 0.1) is 10.1 Å². The van der Waals surface area contributed by atoms with Crippen molar-refractivity contribution in [2.24, 2.45) is 0 Å². The smallest absolute Gasteiger partial charge is 0.266 e. The Morgan fingerprint density at radius 3 is 2.70 bits per heavy atom. The summed E-state index contributed by atoms with van der Waals surface area (Å²) in [7, 11) is 0. The monoisotopic (exact) mass is 377 g/mol. The number of hydrogen-bond acceptors (Lipinski definition) is 4.